The van der Waals surface area contributed by atoms with E-state index >= 15 is 0 Å². The molecule has 59 heavy (non-hydrogen) atoms. The number of anilines is 2. The van der Waals surface area contributed by atoms with Crippen LogP contribution in [0.3, 0.4) is 0 Å². The number of piperidine rings is 3. The molecule has 0 bridgehead atoms. The van der Waals surface area contributed by atoms with Crippen LogP contribution >= 0.6 is 0 Å². The summed E-state index contributed by atoms with van der Waals surface area (Å²) in [5, 5.41) is 11.0. The fourth-order valence-electron chi connectivity index (χ4n) is 9.74. The quantitative estimate of drug-likeness (QED) is 0.222. The molecular weight excluding hydrogens is 749 g/mol. The van der Waals surface area contributed by atoms with Crippen LogP contribution in [0.5, 0.6) is 5.75 Å². The monoisotopic (exact) mass is 800 g/mol. The molecule has 4 amide bonds. The van der Waals surface area contributed by atoms with Crippen molar-refractivity contribution in [2.45, 2.75) is 69.9 Å². The Morgan fingerprint density at radius 2 is 1.46 bits per heavy atom. The molecule has 15 heteroatoms. The zero-order chi connectivity index (χ0) is 40.3. The Labute approximate surface area is 343 Å². The first-order valence-electron chi connectivity index (χ1n) is 21.5. The first-order valence-corrected chi connectivity index (χ1v) is 21.5. The van der Waals surface area contributed by atoms with Gasteiger partial charge in [0.25, 0.3) is 11.8 Å². The average molecular weight is 801 g/mol. The summed E-state index contributed by atoms with van der Waals surface area (Å²) in [6.07, 6.45) is 8.87. The van der Waals surface area contributed by atoms with Crippen LogP contribution in [0.2, 0.25) is 0 Å². The van der Waals surface area contributed by atoms with Crippen molar-refractivity contribution in [3.05, 3.63) is 59.9 Å². The number of H-pyrrole nitrogens is 1. The molecule has 10 rings (SSSR count). The first kappa shape index (κ1) is 37.8. The number of nitrogens with one attached hydrogen (secondary N) is 2. The average Bonchev–Trinajstić information content (AvgIpc) is 3.73. The summed E-state index contributed by atoms with van der Waals surface area (Å²) in [4.78, 5) is 70.9. The molecule has 1 atom stereocenters. The molecule has 2 aromatic heterocycles. The van der Waals surface area contributed by atoms with Crippen LogP contribution in [-0.4, -0.2) is 136 Å². The number of carbonyl (C=O) groups is 4. The van der Waals surface area contributed by atoms with Gasteiger partial charge in [-0.05, 0) is 113 Å². The molecule has 308 valence electrons. The lowest BCUT2D eigenvalue weighted by atomic mass is 9.92. The van der Waals surface area contributed by atoms with Crippen LogP contribution in [0.25, 0.3) is 22.3 Å². The summed E-state index contributed by atoms with van der Waals surface area (Å²) >= 11 is 0. The minimum atomic E-state index is -0.954. The van der Waals surface area contributed by atoms with Gasteiger partial charge in [-0.15, -0.1) is 0 Å². The van der Waals surface area contributed by atoms with Crippen molar-refractivity contribution in [2.24, 2.45) is 11.8 Å². The summed E-state index contributed by atoms with van der Waals surface area (Å²) < 4.78 is 6.23. The number of amides is 4. The topological polar surface area (TPSA) is 160 Å². The number of likely N-dealkylation sites (tertiary alicyclic amines) is 1. The number of fused-ring (bicyclic) bond motifs is 2. The third kappa shape index (κ3) is 7.66. The fourth-order valence-corrected chi connectivity index (χ4v) is 9.74. The Bertz CT molecular complexity index is 2280. The van der Waals surface area contributed by atoms with E-state index in [1.54, 1.807) is 18.5 Å². The number of carbonyl (C=O) groups excluding carboxylic acids is 4. The highest BCUT2D eigenvalue weighted by molar-refractivity contribution is 6.23. The van der Waals surface area contributed by atoms with E-state index in [2.05, 4.69) is 64.1 Å². The molecule has 2 N–H and O–H groups in total. The van der Waals surface area contributed by atoms with E-state index in [1.807, 2.05) is 18.2 Å². The Morgan fingerprint density at radius 3 is 2.19 bits per heavy atom. The smallest absolute Gasteiger partial charge is 0.262 e. The maximum Gasteiger partial charge on any atom is 0.262 e. The van der Waals surface area contributed by atoms with Gasteiger partial charge in [0.15, 0.2) is 0 Å². The van der Waals surface area contributed by atoms with E-state index in [-0.39, 0.29) is 24.3 Å². The Morgan fingerprint density at radius 1 is 0.746 bits per heavy atom. The standard InChI is InChI=1S/C44H52N10O5/c1-44(12-13-44)59-31-3-5-35-34(23-31)40(49-48-35)36-24-38(46-27-45-36)53-16-10-29(11-17-53)25-50-14-8-28(9-15-50)26-51-18-20-52(21-19-51)30-2-4-32-33(22-30)43(58)54(42(32)57)37-6-7-39(55)47-41(37)56/h2-5,22-24,27-29,37H,6-21,25-26H2,1H3,(H,48,49)(H,47,55,56). The second-order valence-electron chi connectivity index (χ2n) is 17.7. The highest BCUT2D eigenvalue weighted by atomic mass is 16.5. The normalized spacial score (nSPS) is 23.3. The number of hydrogen-bond donors (Lipinski definition) is 2. The minimum Gasteiger partial charge on any atom is -0.488 e. The second-order valence-corrected chi connectivity index (χ2v) is 17.7. The molecule has 7 heterocycles. The maximum atomic E-state index is 13.4. The number of rotatable bonds is 10. The zero-order valence-corrected chi connectivity index (χ0v) is 33.7. The molecule has 4 aromatic rings. The van der Waals surface area contributed by atoms with Crippen LogP contribution in [0.4, 0.5) is 11.5 Å². The van der Waals surface area contributed by atoms with Gasteiger partial charge in [-0.2, -0.15) is 5.10 Å². The number of aromatic amines is 1. The van der Waals surface area contributed by atoms with Crippen molar-refractivity contribution in [1.29, 1.82) is 0 Å². The lowest BCUT2D eigenvalue weighted by Gasteiger charge is -2.41. The van der Waals surface area contributed by atoms with Crippen LogP contribution in [0.1, 0.15) is 79.0 Å². The van der Waals surface area contributed by atoms with Crippen LogP contribution in [-0.2, 0) is 9.59 Å². The predicted octanol–water partition coefficient (Wildman–Crippen LogP) is 4.10. The highest BCUT2D eigenvalue weighted by Gasteiger charge is 2.45. The number of ether oxygens (including phenoxy) is 1. The Kier molecular flexibility index (Phi) is 9.82. The van der Waals surface area contributed by atoms with Gasteiger partial charge in [0.2, 0.25) is 11.8 Å². The number of piperazine rings is 1. The van der Waals surface area contributed by atoms with Gasteiger partial charge in [0.05, 0.1) is 28.0 Å². The second kappa shape index (κ2) is 15.3. The maximum absolute atomic E-state index is 13.4. The summed E-state index contributed by atoms with van der Waals surface area (Å²) in [7, 11) is 0. The molecule has 6 aliphatic rings. The van der Waals surface area contributed by atoms with E-state index in [9.17, 15) is 19.2 Å². The lowest BCUT2D eigenvalue weighted by Crippen LogP contribution is -2.54. The van der Waals surface area contributed by atoms with Crippen LogP contribution < -0.4 is 19.9 Å². The third-order valence-electron chi connectivity index (χ3n) is 13.6. The Hall–Kier alpha value is -5.41. The van der Waals surface area contributed by atoms with Crippen molar-refractivity contribution < 1.29 is 23.9 Å². The molecule has 1 saturated carbocycles. The molecular formula is C44H52N10O5. The van der Waals surface area contributed by atoms with Gasteiger partial charge in [-0.25, -0.2) is 9.97 Å². The molecule has 1 aliphatic carbocycles. The molecule has 2 aromatic carbocycles. The molecule has 4 saturated heterocycles. The summed E-state index contributed by atoms with van der Waals surface area (Å²) in [5.41, 5.74) is 4.16. The molecule has 15 nitrogen and oxygen atoms in total. The summed E-state index contributed by atoms with van der Waals surface area (Å²) in [5.74, 6) is 1.32. The molecule has 1 unspecified atom stereocenters. The predicted molar refractivity (Wildman–Crippen MR) is 221 cm³/mol. The lowest BCUT2D eigenvalue weighted by molar-refractivity contribution is -0.136. The van der Waals surface area contributed by atoms with Gasteiger partial charge >= 0.3 is 0 Å². The van der Waals surface area contributed by atoms with Crippen molar-refractivity contribution in [2.75, 3.05) is 75.2 Å². The van der Waals surface area contributed by atoms with E-state index in [1.165, 1.54) is 12.8 Å². The number of benzene rings is 2. The van der Waals surface area contributed by atoms with Crippen LogP contribution in [0.15, 0.2) is 48.8 Å². The minimum absolute atomic E-state index is 0.0416. The number of nitrogens with zero attached hydrogens (tertiary/aromatic N) is 8. The van der Waals surface area contributed by atoms with Crippen LogP contribution in [0, 0.1) is 11.8 Å². The van der Waals surface area contributed by atoms with Crippen molar-refractivity contribution in [3.63, 3.8) is 0 Å². The molecule has 5 fully saturated rings. The largest absolute Gasteiger partial charge is 0.488 e. The van der Waals surface area contributed by atoms with E-state index in [0.29, 0.717) is 23.0 Å². The summed E-state index contributed by atoms with van der Waals surface area (Å²) in [6, 6.07) is 12.6. The third-order valence-corrected chi connectivity index (χ3v) is 13.6. The summed E-state index contributed by atoms with van der Waals surface area (Å²) in [6.45, 7) is 12.3. The van der Waals surface area contributed by atoms with E-state index in [4.69, 9.17) is 4.74 Å². The number of hydrogen-bond acceptors (Lipinski definition) is 12. The van der Waals surface area contributed by atoms with Crippen molar-refractivity contribution in [1.82, 2.24) is 40.2 Å². The SMILES string of the molecule is CC1(Oc2ccc3n[nH]c(-c4cc(N5CCC(CN6CCC(CN7CCN(c8ccc9c(c8)C(=O)N(C8CCC(=O)NC8=O)C9=O)CC7)CC6)CC5)ncn4)c3c2)CC1. The molecule has 0 radical (unpaired) electrons. The number of aromatic nitrogens is 4. The van der Waals surface area contributed by atoms with E-state index < -0.39 is 23.8 Å². The Balaban J connectivity index is 0.666. The highest BCUT2D eigenvalue weighted by Crippen LogP contribution is 2.41. The molecule has 5 aliphatic heterocycles. The van der Waals surface area contributed by atoms with Gasteiger partial charge in [0, 0.05) is 75.9 Å². The van der Waals surface area contributed by atoms with Gasteiger partial charge in [-0.3, -0.25) is 39.4 Å². The van der Waals surface area contributed by atoms with E-state index in [0.717, 1.165) is 136 Å². The van der Waals surface area contributed by atoms with Gasteiger partial charge in [0.1, 0.15) is 29.5 Å². The molecule has 0 spiro atoms. The first-order chi connectivity index (χ1) is 28.7. The van der Waals surface area contributed by atoms with Gasteiger partial charge < -0.3 is 19.4 Å². The fraction of sp³-hybridized carbons (Fsp3) is 0.523. The van der Waals surface area contributed by atoms with Gasteiger partial charge in [-0.1, -0.05) is 0 Å². The van der Waals surface area contributed by atoms with Crippen molar-refractivity contribution >= 4 is 46.0 Å². The zero-order valence-electron chi connectivity index (χ0n) is 33.7. The van der Waals surface area contributed by atoms with Crippen molar-refractivity contribution in [3.8, 4) is 17.1 Å². The number of imide groups is 2.